The van der Waals surface area contributed by atoms with Crippen molar-refractivity contribution in [1.82, 2.24) is 24.0 Å². The number of likely N-dealkylation sites (N-methyl/N-ethyl adjacent to an activating group) is 1. The number of hydrogen-bond acceptors (Lipinski definition) is 7. The van der Waals surface area contributed by atoms with Crippen molar-refractivity contribution in [3.63, 3.8) is 0 Å². The summed E-state index contributed by atoms with van der Waals surface area (Å²) in [6, 6.07) is 6.34. The number of imidazole rings is 1. The molecule has 11 nitrogen and oxygen atoms in total. The third-order valence-corrected chi connectivity index (χ3v) is 5.71. The van der Waals surface area contributed by atoms with Gasteiger partial charge in [-0.3, -0.25) is 14.2 Å². The Morgan fingerprint density at radius 3 is 2.54 bits per heavy atom. The van der Waals surface area contributed by atoms with Crippen LogP contribution in [0.1, 0.15) is 15.9 Å². The first-order valence-corrected chi connectivity index (χ1v) is 11.1. The van der Waals surface area contributed by atoms with Gasteiger partial charge < -0.3 is 15.8 Å². The Morgan fingerprint density at radius 1 is 1.11 bits per heavy atom. The lowest BCUT2D eigenvalue weighted by atomic mass is 10.2. The van der Waals surface area contributed by atoms with E-state index in [1.807, 2.05) is 0 Å². The highest BCUT2D eigenvalue weighted by Crippen LogP contribution is 2.20. The Morgan fingerprint density at radius 2 is 1.86 bits per heavy atom. The standard InChI is InChI=1S/C23H19ClF2N6O5/c1-28-8-18(33)31-17-6-12(2-5-16(17)32(22(27)35)23(31)36)9-30-11-29-20(19(24)21(30)34)37-10-13-3-4-14(25)7-15(13)26/h2-7,11,28H,8-10H2,1H3,(H2,27,35). The number of nitrogens with two attached hydrogens (primary N) is 1. The summed E-state index contributed by atoms with van der Waals surface area (Å²) in [5, 5.41) is 2.28. The fraction of sp³-hybridized carbons (Fsp3) is 0.174. The number of hydrogen-bond donors (Lipinski definition) is 2. The Kier molecular flexibility index (Phi) is 7.18. The minimum absolute atomic E-state index is 0.0403. The van der Waals surface area contributed by atoms with E-state index in [1.54, 1.807) is 0 Å². The van der Waals surface area contributed by atoms with Crippen LogP contribution in [0.4, 0.5) is 13.6 Å². The van der Waals surface area contributed by atoms with Crippen molar-refractivity contribution in [3.05, 3.63) is 91.3 Å². The third kappa shape index (κ3) is 4.99. The number of carbonyl (C=O) groups is 2. The molecule has 14 heteroatoms. The second kappa shape index (κ2) is 10.3. The van der Waals surface area contributed by atoms with E-state index in [1.165, 1.54) is 31.3 Å². The van der Waals surface area contributed by atoms with Crippen LogP contribution in [0.15, 0.2) is 52.3 Å². The second-order valence-electron chi connectivity index (χ2n) is 7.86. The first kappa shape index (κ1) is 25.7. The number of amides is 1. The molecule has 1 amide bonds. The summed E-state index contributed by atoms with van der Waals surface area (Å²) in [5.74, 6) is -2.42. The van der Waals surface area contributed by atoms with Crippen molar-refractivity contribution in [3.8, 4) is 5.88 Å². The maximum atomic E-state index is 13.8. The molecule has 0 unspecified atom stereocenters. The molecule has 37 heavy (non-hydrogen) atoms. The number of rotatable bonds is 7. The largest absolute Gasteiger partial charge is 0.471 e. The number of carbonyl (C=O) groups excluding carboxylic acids is 2. The minimum atomic E-state index is -1.05. The highest BCUT2D eigenvalue weighted by Gasteiger charge is 2.21. The maximum Gasteiger partial charge on any atom is 0.344 e. The number of fused-ring (bicyclic) bond motifs is 1. The monoisotopic (exact) mass is 532 g/mol. The zero-order valence-electron chi connectivity index (χ0n) is 19.2. The van der Waals surface area contributed by atoms with Crippen LogP contribution in [0.3, 0.4) is 0 Å². The van der Waals surface area contributed by atoms with Crippen molar-refractivity contribution >= 4 is 34.6 Å². The van der Waals surface area contributed by atoms with Gasteiger partial charge in [0.15, 0.2) is 5.02 Å². The molecule has 4 aromatic rings. The SMILES string of the molecule is CNCC(=O)n1c(=O)n(C(N)=O)c2ccc(Cn3cnc(OCc4ccc(F)cc4F)c(Cl)c3=O)cc21. The molecule has 0 fully saturated rings. The van der Waals surface area contributed by atoms with E-state index in [0.29, 0.717) is 16.2 Å². The van der Waals surface area contributed by atoms with E-state index in [2.05, 4.69) is 10.3 Å². The van der Waals surface area contributed by atoms with E-state index in [-0.39, 0.29) is 47.2 Å². The van der Waals surface area contributed by atoms with Gasteiger partial charge in [-0.05, 0) is 36.9 Å². The summed E-state index contributed by atoms with van der Waals surface area (Å²) < 4.78 is 34.9. The first-order chi connectivity index (χ1) is 17.6. The first-order valence-electron chi connectivity index (χ1n) is 10.7. The van der Waals surface area contributed by atoms with E-state index in [0.717, 1.165) is 21.5 Å². The molecule has 0 saturated carbocycles. The fourth-order valence-corrected chi connectivity index (χ4v) is 3.88. The van der Waals surface area contributed by atoms with Crippen LogP contribution in [0, 0.1) is 11.6 Å². The molecule has 0 aliphatic heterocycles. The van der Waals surface area contributed by atoms with Crippen molar-refractivity contribution in [2.45, 2.75) is 13.2 Å². The van der Waals surface area contributed by atoms with Crippen molar-refractivity contribution in [2.75, 3.05) is 13.6 Å². The average Bonchev–Trinajstić information content (AvgIpc) is 3.14. The molecule has 0 radical (unpaired) electrons. The lowest BCUT2D eigenvalue weighted by Crippen LogP contribution is -2.37. The van der Waals surface area contributed by atoms with Crippen LogP contribution in [0.2, 0.25) is 5.02 Å². The van der Waals surface area contributed by atoms with Gasteiger partial charge in [-0.1, -0.05) is 17.7 Å². The van der Waals surface area contributed by atoms with Crippen molar-refractivity contribution in [2.24, 2.45) is 5.73 Å². The number of nitrogens with zero attached hydrogens (tertiary/aromatic N) is 4. The molecule has 2 aromatic heterocycles. The lowest BCUT2D eigenvalue weighted by Gasteiger charge is -2.11. The van der Waals surface area contributed by atoms with Gasteiger partial charge in [-0.15, -0.1) is 0 Å². The summed E-state index contributed by atoms with van der Waals surface area (Å²) in [6.07, 6.45) is 1.16. The van der Waals surface area contributed by atoms with E-state index in [9.17, 15) is 28.0 Å². The molecule has 0 aliphatic rings. The number of primary amides is 1. The van der Waals surface area contributed by atoms with Gasteiger partial charge in [0.25, 0.3) is 5.56 Å². The summed E-state index contributed by atoms with van der Waals surface area (Å²) in [7, 11) is 1.52. The zero-order valence-corrected chi connectivity index (χ0v) is 20.0. The number of aromatic nitrogens is 4. The molecule has 2 aromatic carbocycles. The summed E-state index contributed by atoms with van der Waals surface area (Å²) in [4.78, 5) is 53.8. The van der Waals surface area contributed by atoms with Gasteiger partial charge in [0.05, 0.1) is 24.1 Å². The molecule has 192 valence electrons. The van der Waals surface area contributed by atoms with Crippen molar-refractivity contribution in [1.29, 1.82) is 0 Å². The molecular formula is C23H19ClF2N6O5. The Hall–Kier alpha value is -4.36. The normalized spacial score (nSPS) is 11.1. The molecule has 0 aliphatic carbocycles. The van der Waals surface area contributed by atoms with E-state index >= 15 is 0 Å². The van der Waals surface area contributed by atoms with Crippen molar-refractivity contribution < 1.29 is 23.1 Å². The zero-order chi connectivity index (χ0) is 26.9. The molecular weight excluding hydrogens is 514 g/mol. The van der Waals surface area contributed by atoms with Gasteiger partial charge in [-0.2, -0.15) is 0 Å². The highest BCUT2D eigenvalue weighted by molar-refractivity contribution is 6.31. The predicted octanol–water partition coefficient (Wildman–Crippen LogP) is 1.71. The Bertz CT molecular complexity index is 1660. The second-order valence-corrected chi connectivity index (χ2v) is 8.24. The minimum Gasteiger partial charge on any atom is -0.471 e. The highest BCUT2D eigenvalue weighted by atomic mass is 35.5. The molecule has 4 rings (SSSR count). The molecule has 2 heterocycles. The maximum absolute atomic E-state index is 13.8. The number of ether oxygens (including phenoxy) is 1. The van der Waals surface area contributed by atoms with Crippen LogP contribution in [0.25, 0.3) is 11.0 Å². The summed E-state index contributed by atoms with van der Waals surface area (Å²) in [6.45, 7) is -0.581. The van der Waals surface area contributed by atoms with Gasteiger partial charge >= 0.3 is 11.7 Å². The van der Waals surface area contributed by atoms with Crippen LogP contribution < -0.4 is 27.0 Å². The number of nitrogens with one attached hydrogen (secondary N) is 1. The smallest absolute Gasteiger partial charge is 0.344 e. The molecule has 0 bridgehead atoms. The van der Waals surface area contributed by atoms with Crippen LogP contribution in [-0.2, 0) is 13.2 Å². The quantitative estimate of drug-likeness (QED) is 0.369. The Balaban J connectivity index is 1.64. The third-order valence-electron chi connectivity index (χ3n) is 5.39. The lowest BCUT2D eigenvalue weighted by molar-refractivity contribution is 0.0915. The molecule has 0 spiro atoms. The van der Waals surface area contributed by atoms with E-state index < -0.39 is 34.8 Å². The van der Waals surface area contributed by atoms with Crippen LogP contribution in [-0.4, -0.2) is 44.2 Å². The average molecular weight is 533 g/mol. The topological polar surface area (TPSA) is 143 Å². The number of benzene rings is 2. The van der Waals surface area contributed by atoms with Crippen LogP contribution in [0.5, 0.6) is 5.88 Å². The van der Waals surface area contributed by atoms with Gasteiger partial charge in [0, 0.05) is 11.6 Å². The van der Waals surface area contributed by atoms with E-state index in [4.69, 9.17) is 22.1 Å². The van der Waals surface area contributed by atoms with Gasteiger partial charge in [0.1, 0.15) is 24.6 Å². The number of halogens is 3. The molecule has 0 saturated heterocycles. The fourth-order valence-electron chi connectivity index (χ4n) is 3.67. The van der Waals surface area contributed by atoms with Gasteiger partial charge in [-0.25, -0.2) is 32.5 Å². The van der Waals surface area contributed by atoms with Gasteiger partial charge in [0.2, 0.25) is 11.8 Å². The Labute approximate surface area is 211 Å². The summed E-state index contributed by atoms with van der Waals surface area (Å²) >= 11 is 6.13. The molecule has 3 N–H and O–H groups in total. The molecule has 0 atom stereocenters. The predicted molar refractivity (Wildman–Crippen MR) is 129 cm³/mol. The summed E-state index contributed by atoms with van der Waals surface area (Å²) in [5.41, 5.74) is 4.48. The van der Waals surface area contributed by atoms with Crippen LogP contribution >= 0.6 is 11.6 Å².